The van der Waals surface area contributed by atoms with Gasteiger partial charge in [0.05, 0.1) is 13.2 Å². The SMILES string of the molecule is Cc1nc(N2CCOCC2)cc(=O)n1C. The molecule has 0 radical (unpaired) electrons. The number of hydrogen-bond acceptors (Lipinski definition) is 4. The quantitative estimate of drug-likeness (QED) is 0.649. The lowest BCUT2D eigenvalue weighted by Crippen LogP contribution is -2.38. The number of hydrogen-bond donors (Lipinski definition) is 0. The molecule has 82 valence electrons. The molecule has 0 saturated carbocycles. The molecule has 2 heterocycles. The Kier molecular flexibility index (Phi) is 2.73. The topological polar surface area (TPSA) is 47.4 Å². The number of ether oxygens (including phenoxy) is 1. The predicted molar refractivity (Wildman–Crippen MR) is 57.2 cm³/mol. The normalized spacial score (nSPS) is 16.8. The molecule has 0 N–H and O–H groups in total. The van der Waals surface area contributed by atoms with Crippen molar-refractivity contribution in [2.75, 3.05) is 31.2 Å². The van der Waals surface area contributed by atoms with Crippen LogP contribution in [0, 0.1) is 6.92 Å². The van der Waals surface area contributed by atoms with Crippen LogP contribution in [0.3, 0.4) is 0 Å². The highest BCUT2D eigenvalue weighted by Crippen LogP contribution is 2.10. The van der Waals surface area contributed by atoms with Gasteiger partial charge in [-0.2, -0.15) is 0 Å². The maximum absolute atomic E-state index is 11.6. The summed E-state index contributed by atoms with van der Waals surface area (Å²) in [6.07, 6.45) is 0. The molecule has 5 nitrogen and oxygen atoms in total. The van der Waals surface area contributed by atoms with Crippen molar-refractivity contribution in [3.63, 3.8) is 0 Å². The number of aryl methyl sites for hydroxylation is 1. The van der Waals surface area contributed by atoms with Gasteiger partial charge in [0, 0.05) is 26.2 Å². The monoisotopic (exact) mass is 209 g/mol. The molecule has 0 aromatic carbocycles. The van der Waals surface area contributed by atoms with Crippen molar-refractivity contribution in [2.24, 2.45) is 7.05 Å². The number of aromatic nitrogens is 2. The summed E-state index contributed by atoms with van der Waals surface area (Å²) in [5.74, 6) is 1.50. The molecule has 1 aromatic heterocycles. The molecule has 0 aliphatic carbocycles. The maximum atomic E-state index is 11.6. The lowest BCUT2D eigenvalue weighted by Gasteiger charge is -2.27. The van der Waals surface area contributed by atoms with E-state index in [-0.39, 0.29) is 5.56 Å². The van der Waals surface area contributed by atoms with Gasteiger partial charge in [-0.05, 0) is 6.92 Å². The molecule has 1 aromatic rings. The molecule has 0 spiro atoms. The van der Waals surface area contributed by atoms with Gasteiger partial charge < -0.3 is 9.64 Å². The zero-order valence-electron chi connectivity index (χ0n) is 9.06. The first-order valence-corrected chi connectivity index (χ1v) is 5.06. The van der Waals surface area contributed by atoms with E-state index in [1.54, 1.807) is 17.7 Å². The van der Waals surface area contributed by atoms with Gasteiger partial charge >= 0.3 is 0 Å². The molecule has 1 aliphatic heterocycles. The Morgan fingerprint density at radius 3 is 2.67 bits per heavy atom. The Bertz CT molecular complexity index is 408. The number of nitrogens with zero attached hydrogens (tertiary/aromatic N) is 3. The summed E-state index contributed by atoms with van der Waals surface area (Å²) in [5, 5.41) is 0. The van der Waals surface area contributed by atoms with Crippen LogP contribution in [-0.4, -0.2) is 35.9 Å². The van der Waals surface area contributed by atoms with Crippen LogP contribution in [0.2, 0.25) is 0 Å². The van der Waals surface area contributed by atoms with E-state index in [4.69, 9.17) is 4.74 Å². The van der Waals surface area contributed by atoms with E-state index in [0.717, 1.165) is 24.7 Å². The second-order valence-corrected chi connectivity index (χ2v) is 3.66. The van der Waals surface area contributed by atoms with Crippen LogP contribution in [0.5, 0.6) is 0 Å². The molecule has 15 heavy (non-hydrogen) atoms. The number of anilines is 1. The first-order chi connectivity index (χ1) is 7.18. The average molecular weight is 209 g/mol. The minimum Gasteiger partial charge on any atom is -0.378 e. The summed E-state index contributed by atoms with van der Waals surface area (Å²) >= 11 is 0. The number of rotatable bonds is 1. The van der Waals surface area contributed by atoms with Gasteiger partial charge in [-0.3, -0.25) is 9.36 Å². The molecular formula is C10H15N3O2. The predicted octanol–water partition coefficient (Wildman–Crippen LogP) is -0.0747. The highest BCUT2D eigenvalue weighted by atomic mass is 16.5. The van der Waals surface area contributed by atoms with E-state index < -0.39 is 0 Å². The molecule has 5 heteroatoms. The van der Waals surface area contributed by atoms with Crippen molar-refractivity contribution >= 4 is 5.82 Å². The fourth-order valence-electron chi connectivity index (χ4n) is 1.59. The molecule has 1 aliphatic rings. The lowest BCUT2D eigenvalue weighted by atomic mass is 10.4. The Balaban J connectivity index is 2.32. The first kappa shape index (κ1) is 10.2. The molecular weight excluding hydrogens is 194 g/mol. The van der Waals surface area contributed by atoms with Crippen molar-refractivity contribution < 1.29 is 4.74 Å². The van der Waals surface area contributed by atoms with E-state index in [2.05, 4.69) is 9.88 Å². The minimum absolute atomic E-state index is 0.0102. The molecule has 2 rings (SSSR count). The maximum Gasteiger partial charge on any atom is 0.255 e. The highest BCUT2D eigenvalue weighted by molar-refractivity contribution is 5.37. The summed E-state index contributed by atoms with van der Waals surface area (Å²) in [4.78, 5) is 18.0. The van der Waals surface area contributed by atoms with Crippen molar-refractivity contribution in [3.8, 4) is 0 Å². The largest absolute Gasteiger partial charge is 0.378 e. The van der Waals surface area contributed by atoms with Gasteiger partial charge in [-0.1, -0.05) is 0 Å². The van der Waals surface area contributed by atoms with Crippen LogP contribution < -0.4 is 10.5 Å². The molecule has 0 unspecified atom stereocenters. The van der Waals surface area contributed by atoms with Crippen LogP contribution in [0.25, 0.3) is 0 Å². The van der Waals surface area contributed by atoms with E-state index in [1.165, 1.54) is 0 Å². The molecule has 0 amide bonds. The van der Waals surface area contributed by atoms with Gasteiger partial charge in [0.2, 0.25) is 0 Å². The second-order valence-electron chi connectivity index (χ2n) is 3.66. The van der Waals surface area contributed by atoms with Gasteiger partial charge in [0.1, 0.15) is 11.6 Å². The third kappa shape index (κ3) is 2.02. The summed E-state index contributed by atoms with van der Waals surface area (Å²) in [6.45, 7) is 4.86. The van der Waals surface area contributed by atoms with Crippen molar-refractivity contribution in [3.05, 3.63) is 22.2 Å². The highest BCUT2D eigenvalue weighted by Gasteiger charge is 2.13. The fourth-order valence-corrected chi connectivity index (χ4v) is 1.59. The van der Waals surface area contributed by atoms with Crippen LogP contribution in [-0.2, 0) is 11.8 Å². The Morgan fingerprint density at radius 1 is 1.40 bits per heavy atom. The third-order valence-electron chi connectivity index (χ3n) is 2.68. The Hall–Kier alpha value is -1.36. The average Bonchev–Trinajstić information content (AvgIpc) is 2.26. The summed E-state index contributed by atoms with van der Waals surface area (Å²) in [5.41, 5.74) is -0.0102. The van der Waals surface area contributed by atoms with E-state index in [0.29, 0.717) is 13.2 Å². The smallest absolute Gasteiger partial charge is 0.255 e. The molecule has 1 fully saturated rings. The number of morpholine rings is 1. The van der Waals surface area contributed by atoms with Crippen LogP contribution in [0.1, 0.15) is 5.82 Å². The van der Waals surface area contributed by atoms with E-state index in [9.17, 15) is 4.79 Å². The zero-order valence-corrected chi connectivity index (χ0v) is 9.06. The molecule has 1 saturated heterocycles. The van der Waals surface area contributed by atoms with Crippen LogP contribution in [0.15, 0.2) is 10.9 Å². The zero-order chi connectivity index (χ0) is 10.8. The third-order valence-corrected chi connectivity index (χ3v) is 2.68. The van der Waals surface area contributed by atoms with Crippen LogP contribution in [0.4, 0.5) is 5.82 Å². The van der Waals surface area contributed by atoms with E-state index >= 15 is 0 Å². The Labute approximate surface area is 88.3 Å². The Morgan fingerprint density at radius 2 is 2.07 bits per heavy atom. The lowest BCUT2D eigenvalue weighted by molar-refractivity contribution is 0.122. The van der Waals surface area contributed by atoms with Gasteiger partial charge in [0.25, 0.3) is 5.56 Å². The van der Waals surface area contributed by atoms with Gasteiger partial charge in [-0.15, -0.1) is 0 Å². The summed E-state index contributed by atoms with van der Waals surface area (Å²) in [7, 11) is 1.73. The van der Waals surface area contributed by atoms with Crippen LogP contribution >= 0.6 is 0 Å². The van der Waals surface area contributed by atoms with Crippen molar-refractivity contribution in [1.82, 2.24) is 9.55 Å². The first-order valence-electron chi connectivity index (χ1n) is 5.06. The molecule has 0 atom stereocenters. The summed E-state index contributed by atoms with van der Waals surface area (Å²) in [6, 6.07) is 1.58. The minimum atomic E-state index is -0.0102. The standard InChI is InChI=1S/C10H15N3O2/c1-8-11-9(7-10(14)12(8)2)13-3-5-15-6-4-13/h7H,3-6H2,1-2H3. The fraction of sp³-hybridized carbons (Fsp3) is 0.600. The van der Waals surface area contributed by atoms with Crippen molar-refractivity contribution in [1.29, 1.82) is 0 Å². The van der Waals surface area contributed by atoms with Crippen molar-refractivity contribution in [2.45, 2.75) is 6.92 Å². The summed E-state index contributed by atoms with van der Waals surface area (Å²) < 4.78 is 6.80. The van der Waals surface area contributed by atoms with E-state index in [1.807, 2.05) is 6.92 Å². The molecule has 0 bridgehead atoms. The van der Waals surface area contributed by atoms with Gasteiger partial charge in [0.15, 0.2) is 0 Å². The van der Waals surface area contributed by atoms with Gasteiger partial charge in [-0.25, -0.2) is 4.98 Å². The second kappa shape index (κ2) is 4.02.